The second-order valence-corrected chi connectivity index (χ2v) is 4.13. The highest BCUT2D eigenvalue weighted by molar-refractivity contribution is 5.63. The lowest BCUT2D eigenvalue weighted by atomic mass is 10.0. The van der Waals surface area contributed by atoms with Gasteiger partial charge in [0, 0.05) is 12.1 Å². The zero-order valence-corrected chi connectivity index (χ0v) is 8.05. The third kappa shape index (κ3) is 1.60. The van der Waals surface area contributed by atoms with Crippen molar-refractivity contribution in [3.05, 3.63) is 18.2 Å². The molecule has 0 atom stereocenters. The third-order valence-corrected chi connectivity index (χ3v) is 2.11. The average Bonchev–Trinajstić information content (AvgIpc) is 2.01. The first-order valence-corrected chi connectivity index (χ1v) is 4.44. The first kappa shape index (κ1) is 8.38. The topological polar surface area (TPSA) is 48.9 Å². The fraction of sp³-hybridized carbons (Fsp3) is 0.400. The molecule has 0 fully saturated rings. The highest BCUT2D eigenvalue weighted by atomic mass is 16.5. The van der Waals surface area contributed by atoms with Gasteiger partial charge < -0.3 is 15.8 Å². The maximum Gasteiger partial charge on any atom is 0.142 e. The van der Waals surface area contributed by atoms with Crippen molar-refractivity contribution >= 4 is 11.4 Å². The number of benzene rings is 1. The molecule has 0 bridgehead atoms. The molecule has 4 N–H and O–H groups in total. The standard InChI is InChI=1S/C10H14N2O/c1-10(2)6-13-9-4-3-7(11)5-8(9)12-10/h3-5,12H,6,11H2,1-2H3/p+1. The smallest absolute Gasteiger partial charge is 0.142 e. The van der Waals surface area contributed by atoms with Gasteiger partial charge in [-0.25, -0.2) is 0 Å². The molecule has 1 aliphatic rings. The summed E-state index contributed by atoms with van der Waals surface area (Å²) in [6.07, 6.45) is 0. The maximum atomic E-state index is 5.60. The number of ether oxygens (including phenoxy) is 1. The Kier molecular flexibility index (Phi) is 1.70. The van der Waals surface area contributed by atoms with Crippen LogP contribution in [0.25, 0.3) is 0 Å². The zero-order chi connectivity index (χ0) is 9.47. The Morgan fingerprint density at radius 3 is 3.00 bits per heavy atom. The Morgan fingerprint density at radius 1 is 1.46 bits per heavy atom. The molecule has 0 amide bonds. The molecule has 1 aromatic carbocycles. The van der Waals surface area contributed by atoms with Crippen molar-refractivity contribution in [1.82, 2.24) is 0 Å². The molecule has 0 radical (unpaired) electrons. The number of nitrogens with one attached hydrogen (secondary N) is 1. The fourth-order valence-corrected chi connectivity index (χ4v) is 1.46. The Morgan fingerprint density at radius 2 is 2.23 bits per heavy atom. The Bertz CT molecular complexity index is 334. The van der Waals surface area contributed by atoms with Gasteiger partial charge >= 0.3 is 0 Å². The summed E-state index contributed by atoms with van der Waals surface area (Å²) in [4.78, 5) is 0. The lowest BCUT2D eigenvalue weighted by Gasteiger charge is -2.33. The summed E-state index contributed by atoms with van der Waals surface area (Å²) in [5.74, 6) is 0.923. The van der Waals surface area contributed by atoms with Gasteiger partial charge in [-0.1, -0.05) is 0 Å². The van der Waals surface area contributed by atoms with Gasteiger partial charge in [0.15, 0.2) is 0 Å². The first-order chi connectivity index (χ1) is 6.07. The maximum absolute atomic E-state index is 5.60. The molecule has 1 aliphatic heterocycles. The van der Waals surface area contributed by atoms with E-state index >= 15 is 0 Å². The van der Waals surface area contributed by atoms with Crippen molar-refractivity contribution < 1.29 is 10.5 Å². The number of hydrogen-bond acceptors (Lipinski definition) is 2. The molecule has 0 unspecified atom stereocenters. The summed E-state index contributed by atoms with van der Waals surface area (Å²) in [5, 5.41) is 3.41. The van der Waals surface area contributed by atoms with E-state index in [1.807, 2.05) is 18.2 Å². The largest absolute Gasteiger partial charge is 0.489 e. The van der Waals surface area contributed by atoms with Gasteiger partial charge in [-0.2, -0.15) is 0 Å². The van der Waals surface area contributed by atoms with E-state index in [1.165, 1.54) is 0 Å². The quantitative estimate of drug-likeness (QED) is 0.627. The molecule has 0 saturated carbocycles. The van der Waals surface area contributed by atoms with Crippen molar-refractivity contribution in [1.29, 1.82) is 0 Å². The van der Waals surface area contributed by atoms with Gasteiger partial charge in [-0.15, -0.1) is 0 Å². The molecule has 2 rings (SSSR count). The molecule has 3 heteroatoms. The van der Waals surface area contributed by atoms with Crippen LogP contribution in [0.15, 0.2) is 18.2 Å². The van der Waals surface area contributed by atoms with Crippen LogP contribution in [0.3, 0.4) is 0 Å². The molecule has 1 aromatic rings. The molecule has 0 aliphatic carbocycles. The normalized spacial score (nSPS) is 18.4. The van der Waals surface area contributed by atoms with Crippen molar-refractivity contribution in [2.75, 3.05) is 11.9 Å². The van der Waals surface area contributed by atoms with E-state index in [0.717, 1.165) is 17.1 Å². The molecule has 3 nitrogen and oxygen atoms in total. The fourth-order valence-electron chi connectivity index (χ4n) is 1.46. The van der Waals surface area contributed by atoms with Gasteiger partial charge in [-0.3, -0.25) is 0 Å². The van der Waals surface area contributed by atoms with Crippen molar-refractivity contribution in [3.8, 4) is 5.75 Å². The van der Waals surface area contributed by atoms with E-state index in [0.29, 0.717) is 6.61 Å². The third-order valence-electron chi connectivity index (χ3n) is 2.11. The molecule has 1 heterocycles. The number of anilines is 1. The molecule has 0 spiro atoms. The Labute approximate surface area is 77.9 Å². The monoisotopic (exact) mass is 179 g/mol. The predicted octanol–water partition coefficient (Wildman–Crippen LogP) is 1.14. The number of quaternary nitrogens is 1. The van der Waals surface area contributed by atoms with Crippen molar-refractivity contribution in [2.24, 2.45) is 0 Å². The van der Waals surface area contributed by atoms with E-state index in [4.69, 9.17) is 4.74 Å². The van der Waals surface area contributed by atoms with Crippen LogP contribution in [0.4, 0.5) is 11.4 Å². The van der Waals surface area contributed by atoms with E-state index in [1.54, 1.807) is 0 Å². The van der Waals surface area contributed by atoms with E-state index in [9.17, 15) is 0 Å². The van der Waals surface area contributed by atoms with Crippen molar-refractivity contribution in [3.63, 3.8) is 0 Å². The van der Waals surface area contributed by atoms with E-state index in [-0.39, 0.29) is 5.54 Å². The lowest BCUT2D eigenvalue weighted by molar-refractivity contribution is -0.254. The number of fused-ring (bicyclic) bond motifs is 1. The molecular weight excluding hydrogens is 164 g/mol. The minimum absolute atomic E-state index is 0.0147. The minimum atomic E-state index is 0.0147. The zero-order valence-electron chi connectivity index (χ0n) is 8.05. The Hall–Kier alpha value is -1.22. The summed E-state index contributed by atoms with van der Waals surface area (Å²) in [6, 6.07) is 5.93. The van der Waals surface area contributed by atoms with Crippen LogP contribution in [0.1, 0.15) is 13.8 Å². The first-order valence-electron chi connectivity index (χ1n) is 4.44. The minimum Gasteiger partial charge on any atom is -0.489 e. The van der Waals surface area contributed by atoms with Crippen LogP contribution in [0, 0.1) is 0 Å². The second kappa shape index (κ2) is 2.64. The highest BCUT2D eigenvalue weighted by Crippen LogP contribution is 2.33. The molecule has 0 aromatic heterocycles. The number of hydrogen-bond donors (Lipinski definition) is 2. The van der Waals surface area contributed by atoms with Crippen LogP contribution in [-0.2, 0) is 0 Å². The SMILES string of the molecule is CC1(C)COc2ccc([NH3+])cc2N1. The number of rotatable bonds is 0. The summed E-state index contributed by atoms with van der Waals surface area (Å²) < 4.78 is 5.60. The van der Waals surface area contributed by atoms with Gasteiger partial charge in [0.05, 0.1) is 11.2 Å². The summed E-state index contributed by atoms with van der Waals surface area (Å²) in [6.45, 7) is 4.94. The summed E-state index contributed by atoms with van der Waals surface area (Å²) >= 11 is 0. The van der Waals surface area contributed by atoms with Gasteiger partial charge in [0.25, 0.3) is 0 Å². The highest BCUT2D eigenvalue weighted by Gasteiger charge is 2.25. The van der Waals surface area contributed by atoms with Gasteiger partial charge in [0.1, 0.15) is 18.0 Å². The summed E-state index contributed by atoms with van der Waals surface area (Å²) in [7, 11) is 0. The van der Waals surface area contributed by atoms with E-state index < -0.39 is 0 Å². The molecule has 70 valence electrons. The molecular formula is C10H15N2O+. The predicted molar refractivity (Wildman–Crippen MR) is 52.2 cm³/mol. The average molecular weight is 179 g/mol. The van der Waals surface area contributed by atoms with Crippen molar-refractivity contribution in [2.45, 2.75) is 19.4 Å². The molecule has 0 saturated heterocycles. The van der Waals surface area contributed by atoms with Gasteiger partial charge in [-0.05, 0) is 19.9 Å². The lowest BCUT2D eigenvalue weighted by Crippen LogP contribution is -2.43. The Balaban J connectivity index is 2.38. The summed E-state index contributed by atoms with van der Waals surface area (Å²) in [5.41, 5.74) is 5.95. The van der Waals surface area contributed by atoms with Crippen LogP contribution >= 0.6 is 0 Å². The van der Waals surface area contributed by atoms with Crippen LogP contribution in [0.5, 0.6) is 5.75 Å². The van der Waals surface area contributed by atoms with Crippen LogP contribution in [-0.4, -0.2) is 12.1 Å². The van der Waals surface area contributed by atoms with Gasteiger partial charge in [0.2, 0.25) is 0 Å². The van der Waals surface area contributed by atoms with Crippen LogP contribution < -0.4 is 15.8 Å². The van der Waals surface area contributed by atoms with Crippen LogP contribution in [0.2, 0.25) is 0 Å². The second-order valence-electron chi connectivity index (χ2n) is 4.13. The van der Waals surface area contributed by atoms with E-state index in [2.05, 4.69) is 24.9 Å². The molecule has 13 heavy (non-hydrogen) atoms.